The minimum absolute atomic E-state index is 0.0833. The smallest absolute Gasteiger partial charge is 0.232 e. The molecule has 0 aliphatic rings. The predicted molar refractivity (Wildman–Crippen MR) is 41.1 cm³/mol. The first-order chi connectivity index (χ1) is 4.26. The van der Waals surface area contributed by atoms with Gasteiger partial charge in [0.25, 0.3) is 0 Å². The molecule has 0 aromatic rings. The highest BCUT2D eigenvalue weighted by molar-refractivity contribution is 9.08. The van der Waals surface area contributed by atoms with Gasteiger partial charge in [0.1, 0.15) is 0 Å². The number of halogens is 1. The van der Waals surface area contributed by atoms with Crippen molar-refractivity contribution in [1.82, 2.24) is 4.34 Å². The molecule has 0 aromatic carbocycles. The molecular weight excluding hydrogens is 182 g/mol. The van der Waals surface area contributed by atoms with Crippen molar-refractivity contribution >= 4 is 22.1 Å². The van der Waals surface area contributed by atoms with E-state index in [4.69, 9.17) is 0 Å². The fourth-order valence-corrected chi connectivity index (χ4v) is 1.06. The zero-order valence-corrected chi connectivity index (χ0v) is 7.36. The van der Waals surface area contributed by atoms with Gasteiger partial charge in [0.15, 0.2) is 0 Å². The standard InChI is InChI=1S/C6H12BrNO/c1-3-5(4-2)6(9)8-7/h5H,3-4H2,1-2H3,(H,8,9). The summed E-state index contributed by atoms with van der Waals surface area (Å²) in [5.41, 5.74) is 0. The third-order valence-corrected chi connectivity index (χ3v) is 1.84. The lowest BCUT2D eigenvalue weighted by Crippen LogP contribution is -2.21. The molecule has 1 N–H and O–H groups in total. The second-order valence-electron chi connectivity index (χ2n) is 1.97. The first kappa shape index (κ1) is 8.95. The molecule has 0 rings (SSSR count). The lowest BCUT2D eigenvalue weighted by atomic mass is 10.0. The minimum Gasteiger partial charge on any atom is -0.292 e. The maximum absolute atomic E-state index is 10.8. The Bertz CT molecular complexity index is 91.1. The van der Waals surface area contributed by atoms with Crippen LogP contribution < -0.4 is 4.34 Å². The number of hydrogen-bond donors (Lipinski definition) is 1. The van der Waals surface area contributed by atoms with E-state index in [1.54, 1.807) is 0 Å². The summed E-state index contributed by atoms with van der Waals surface area (Å²) in [4.78, 5) is 10.8. The SMILES string of the molecule is CCC(CC)C(=O)NBr. The summed E-state index contributed by atoms with van der Waals surface area (Å²) >= 11 is 2.90. The molecule has 0 heterocycles. The molecule has 0 atom stereocenters. The first-order valence-electron chi connectivity index (χ1n) is 3.16. The van der Waals surface area contributed by atoms with Crippen LogP contribution >= 0.6 is 16.1 Å². The average molecular weight is 194 g/mol. The van der Waals surface area contributed by atoms with Gasteiger partial charge in [0, 0.05) is 22.1 Å². The highest BCUT2D eigenvalue weighted by atomic mass is 79.9. The molecule has 0 fully saturated rings. The number of carbonyl (C=O) groups excluding carboxylic acids is 1. The van der Waals surface area contributed by atoms with Crippen molar-refractivity contribution in [3.05, 3.63) is 0 Å². The van der Waals surface area contributed by atoms with E-state index in [-0.39, 0.29) is 11.8 Å². The summed E-state index contributed by atoms with van der Waals surface area (Å²) in [6.07, 6.45) is 1.82. The molecule has 0 bridgehead atoms. The monoisotopic (exact) mass is 193 g/mol. The molecule has 54 valence electrons. The van der Waals surface area contributed by atoms with E-state index in [2.05, 4.69) is 20.5 Å². The molecule has 0 aromatic heterocycles. The molecule has 9 heavy (non-hydrogen) atoms. The topological polar surface area (TPSA) is 29.1 Å². The van der Waals surface area contributed by atoms with Gasteiger partial charge in [-0.1, -0.05) is 13.8 Å². The van der Waals surface area contributed by atoms with Crippen LogP contribution in [0, 0.1) is 5.92 Å². The van der Waals surface area contributed by atoms with Crippen LogP contribution in [0.4, 0.5) is 0 Å². The summed E-state index contributed by atoms with van der Waals surface area (Å²) in [6, 6.07) is 0. The van der Waals surface area contributed by atoms with Gasteiger partial charge >= 0.3 is 0 Å². The van der Waals surface area contributed by atoms with E-state index < -0.39 is 0 Å². The maximum Gasteiger partial charge on any atom is 0.232 e. The lowest BCUT2D eigenvalue weighted by Gasteiger charge is -2.07. The van der Waals surface area contributed by atoms with Gasteiger partial charge < -0.3 is 0 Å². The Labute approximate surface area is 64.4 Å². The zero-order chi connectivity index (χ0) is 7.28. The molecular formula is C6H12BrNO. The second kappa shape index (κ2) is 4.79. The Balaban J connectivity index is 3.64. The van der Waals surface area contributed by atoms with Gasteiger partial charge in [-0.3, -0.25) is 9.14 Å². The largest absolute Gasteiger partial charge is 0.292 e. The highest BCUT2D eigenvalue weighted by Gasteiger charge is 2.11. The zero-order valence-electron chi connectivity index (χ0n) is 5.78. The quantitative estimate of drug-likeness (QED) is 0.682. The Morgan fingerprint density at radius 3 is 2.11 bits per heavy atom. The van der Waals surface area contributed by atoms with E-state index in [1.807, 2.05) is 13.8 Å². The van der Waals surface area contributed by atoms with E-state index in [0.717, 1.165) is 12.8 Å². The fraction of sp³-hybridized carbons (Fsp3) is 0.833. The minimum atomic E-state index is 0.0833. The molecule has 0 saturated heterocycles. The molecule has 0 spiro atoms. The van der Waals surface area contributed by atoms with Gasteiger partial charge in [-0.25, -0.2) is 0 Å². The third kappa shape index (κ3) is 2.84. The van der Waals surface area contributed by atoms with Gasteiger partial charge in [0.2, 0.25) is 5.91 Å². The predicted octanol–water partition coefficient (Wildman–Crippen LogP) is 1.85. The third-order valence-electron chi connectivity index (χ3n) is 1.45. The molecule has 0 saturated carbocycles. The van der Waals surface area contributed by atoms with E-state index in [1.165, 1.54) is 0 Å². The molecule has 0 aliphatic carbocycles. The van der Waals surface area contributed by atoms with Crippen molar-refractivity contribution in [2.75, 3.05) is 0 Å². The molecule has 0 radical (unpaired) electrons. The van der Waals surface area contributed by atoms with E-state index in [0.29, 0.717) is 0 Å². The number of amides is 1. The van der Waals surface area contributed by atoms with Gasteiger partial charge in [0.05, 0.1) is 0 Å². The fourth-order valence-electron chi connectivity index (χ4n) is 0.737. The van der Waals surface area contributed by atoms with Crippen LogP contribution in [0.2, 0.25) is 0 Å². The van der Waals surface area contributed by atoms with Crippen molar-refractivity contribution < 1.29 is 4.79 Å². The number of carbonyl (C=O) groups is 1. The van der Waals surface area contributed by atoms with Crippen LogP contribution in [-0.2, 0) is 4.79 Å². The first-order valence-corrected chi connectivity index (χ1v) is 3.96. The molecule has 2 nitrogen and oxygen atoms in total. The summed E-state index contributed by atoms with van der Waals surface area (Å²) in [7, 11) is 0. The Morgan fingerprint density at radius 2 is 2.00 bits per heavy atom. The maximum atomic E-state index is 10.8. The molecule has 3 heteroatoms. The van der Waals surface area contributed by atoms with Crippen molar-refractivity contribution in [2.24, 2.45) is 5.92 Å². The van der Waals surface area contributed by atoms with Crippen LogP contribution in [0.15, 0.2) is 0 Å². The summed E-state index contributed by atoms with van der Waals surface area (Å²) in [5, 5.41) is 0. The number of hydrogen-bond acceptors (Lipinski definition) is 1. The van der Waals surface area contributed by atoms with Crippen molar-refractivity contribution in [1.29, 1.82) is 0 Å². The van der Waals surface area contributed by atoms with Gasteiger partial charge in [-0.2, -0.15) is 0 Å². The van der Waals surface area contributed by atoms with Crippen LogP contribution in [0.3, 0.4) is 0 Å². The van der Waals surface area contributed by atoms with E-state index >= 15 is 0 Å². The van der Waals surface area contributed by atoms with Crippen LogP contribution in [0.1, 0.15) is 26.7 Å². The van der Waals surface area contributed by atoms with Crippen LogP contribution in [0.5, 0.6) is 0 Å². The normalized spacial score (nSPS) is 9.78. The van der Waals surface area contributed by atoms with Crippen molar-refractivity contribution in [3.63, 3.8) is 0 Å². The summed E-state index contributed by atoms with van der Waals surface area (Å²) < 4.78 is 2.44. The lowest BCUT2D eigenvalue weighted by molar-refractivity contribution is -0.123. The highest BCUT2D eigenvalue weighted by Crippen LogP contribution is 2.06. The van der Waals surface area contributed by atoms with Gasteiger partial charge in [-0.05, 0) is 12.8 Å². The van der Waals surface area contributed by atoms with Crippen molar-refractivity contribution in [3.8, 4) is 0 Å². The van der Waals surface area contributed by atoms with Gasteiger partial charge in [-0.15, -0.1) is 0 Å². The van der Waals surface area contributed by atoms with E-state index in [9.17, 15) is 4.79 Å². The number of rotatable bonds is 3. The van der Waals surface area contributed by atoms with Crippen LogP contribution in [-0.4, -0.2) is 5.91 Å². The molecule has 1 amide bonds. The second-order valence-corrected chi connectivity index (χ2v) is 2.37. The van der Waals surface area contributed by atoms with Crippen LogP contribution in [0.25, 0.3) is 0 Å². The Hall–Kier alpha value is -0.0500. The summed E-state index contributed by atoms with van der Waals surface area (Å²) in [6.45, 7) is 4.02. The summed E-state index contributed by atoms with van der Waals surface area (Å²) in [5.74, 6) is 0.254. The number of nitrogens with one attached hydrogen (secondary N) is 1. The molecule has 0 aliphatic heterocycles. The van der Waals surface area contributed by atoms with Crippen molar-refractivity contribution in [2.45, 2.75) is 26.7 Å². The Morgan fingerprint density at radius 1 is 1.56 bits per heavy atom. The average Bonchev–Trinajstić information content (AvgIpc) is 1.90. The Kier molecular flexibility index (Phi) is 4.77. The molecule has 0 unspecified atom stereocenters.